The van der Waals surface area contributed by atoms with E-state index in [0.717, 1.165) is 22.3 Å². The van der Waals surface area contributed by atoms with E-state index in [1.165, 1.54) is 0 Å². The fourth-order valence-electron chi connectivity index (χ4n) is 3.22. The molecule has 6 heteroatoms. The number of hydrogen-bond acceptors (Lipinski definition) is 6. The molecule has 6 nitrogen and oxygen atoms in total. The standard InChI is InChI=1S/C29H22O6/c1-2-27(32-34-28(30)25-17-13-23(14-18-25)21-9-5-3-6-10-21)33-35-29(31)26-19-15-24(16-20-26)22-11-7-4-8-12-22/h3-20H,1-2H2. The number of benzene rings is 4. The number of carbonyl (C=O) groups excluding carboxylic acids is 2. The molecule has 0 aliphatic heterocycles. The molecule has 4 aromatic carbocycles. The van der Waals surface area contributed by atoms with E-state index < -0.39 is 11.9 Å². The molecule has 0 aromatic heterocycles. The van der Waals surface area contributed by atoms with Crippen LogP contribution in [0, 0.1) is 13.2 Å². The summed E-state index contributed by atoms with van der Waals surface area (Å²) in [5.74, 6) is -1.47. The monoisotopic (exact) mass is 466 g/mol. The van der Waals surface area contributed by atoms with Gasteiger partial charge in [0.1, 0.15) is 0 Å². The number of carbonyl (C=O) groups is 2. The summed E-state index contributed by atoms with van der Waals surface area (Å²) >= 11 is 0. The first-order valence-corrected chi connectivity index (χ1v) is 10.9. The lowest BCUT2D eigenvalue weighted by Gasteiger charge is -2.12. The van der Waals surface area contributed by atoms with Gasteiger partial charge < -0.3 is 0 Å². The van der Waals surface area contributed by atoms with Crippen molar-refractivity contribution in [1.82, 2.24) is 0 Å². The quantitative estimate of drug-likeness (QED) is 0.204. The van der Waals surface area contributed by atoms with Crippen LogP contribution in [0.25, 0.3) is 22.3 Å². The molecule has 0 saturated carbocycles. The van der Waals surface area contributed by atoms with E-state index in [1.54, 1.807) is 48.5 Å². The Balaban J connectivity index is 1.26. The summed E-state index contributed by atoms with van der Waals surface area (Å²) in [6.07, 6.45) is -0.339. The molecule has 35 heavy (non-hydrogen) atoms. The summed E-state index contributed by atoms with van der Waals surface area (Å²) < 4.78 is 0. The first-order chi connectivity index (χ1) is 17.1. The van der Waals surface area contributed by atoms with E-state index in [2.05, 4.69) is 6.92 Å². The zero-order valence-corrected chi connectivity index (χ0v) is 18.8. The van der Waals surface area contributed by atoms with Crippen LogP contribution in [0.2, 0.25) is 0 Å². The predicted octanol–water partition coefficient (Wildman–Crippen LogP) is 6.61. The van der Waals surface area contributed by atoms with Crippen LogP contribution < -0.4 is 0 Å². The van der Waals surface area contributed by atoms with Gasteiger partial charge in [0.2, 0.25) is 0 Å². The topological polar surface area (TPSA) is 71.1 Å². The third-order valence-electron chi connectivity index (χ3n) is 5.08. The van der Waals surface area contributed by atoms with Crippen LogP contribution in [0.4, 0.5) is 0 Å². The van der Waals surface area contributed by atoms with E-state index in [4.69, 9.17) is 19.6 Å². The molecule has 0 heterocycles. The summed E-state index contributed by atoms with van der Waals surface area (Å²) in [5, 5.41) is 0. The van der Waals surface area contributed by atoms with Crippen molar-refractivity contribution in [2.45, 2.75) is 6.42 Å². The highest BCUT2D eigenvalue weighted by Crippen LogP contribution is 2.22. The second-order valence-electron chi connectivity index (χ2n) is 7.42. The van der Waals surface area contributed by atoms with Crippen molar-refractivity contribution in [3.05, 3.63) is 134 Å². The third-order valence-corrected chi connectivity index (χ3v) is 5.08. The number of rotatable bonds is 9. The van der Waals surface area contributed by atoms with Crippen LogP contribution >= 0.6 is 0 Å². The Kier molecular flexibility index (Phi) is 8.01. The van der Waals surface area contributed by atoms with Gasteiger partial charge in [0.25, 0.3) is 0 Å². The minimum atomic E-state index is -0.734. The summed E-state index contributed by atoms with van der Waals surface area (Å²) in [6.45, 7) is 3.61. The molecule has 0 aliphatic rings. The highest BCUT2D eigenvalue weighted by Gasteiger charge is 2.20. The lowest BCUT2D eigenvalue weighted by molar-refractivity contribution is -0.362. The first-order valence-electron chi connectivity index (χ1n) is 10.9. The van der Waals surface area contributed by atoms with Gasteiger partial charge in [-0.15, -0.1) is 9.78 Å². The molecule has 2 radical (unpaired) electrons. The van der Waals surface area contributed by atoms with Gasteiger partial charge >= 0.3 is 18.2 Å². The third kappa shape index (κ3) is 6.41. The van der Waals surface area contributed by atoms with Crippen molar-refractivity contribution in [3.63, 3.8) is 0 Å². The van der Waals surface area contributed by atoms with Crippen LogP contribution in [0.5, 0.6) is 0 Å². The summed E-state index contributed by atoms with van der Waals surface area (Å²) in [4.78, 5) is 43.9. The molecular formula is C29H22O6. The molecule has 4 rings (SSSR count). The average molecular weight is 466 g/mol. The molecule has 0 bridgehead atoms. The Morgan fingerprint density at radius 3 is 1.17 bits per heavy atom. The molecule has 4 aromatic rings. The summed E-state index contributed by atoms with van der Waals surface area (Å²) in [5.41, 5.74) is 4.54. The number of hydrogen-bond donors (Lipinski definition) is 0. The zero-order chi connectivity index (χ0) is 24.5. The largest absolute Gasteiger partial charge is 0.373 e. The van der Waals surface area contributed by atoms with Gasteiger partial charge in [-0.25, -0.2) is 9.59 Å². The minimum Gasteiger partial charge on any atom is -0.289 e. The van der Waals surface area contributed by atoms with Gasteiger partial charge in [0.15, 0.2) is 0 Å². The fraction of sp³-hybridized carbons (Fsp3) is 0.0345. The van der Waals surface area contributed by atoms with Gasteiger partial charge in [0.05, 0.1) is 11.1 Å². The van der Waals surface area contributed by atoms with Crippen molar-refractivity contribution in [3.8, 4) is 22.3 Å². The van der Waals surface area contributed by atoms with Crippen LogP contribution in [-0.4, -0.2) is 11.9 Å². The predicted molar refractivity (Wildman–Crippen MR) is 130 cm³/mol. The van der Waals surface area contributed by atoms with Crippen LogP contribution in [0.15, 0.2) is 109 Å². The Bertz CT molecular complexity index is 1140. The molecule has 0 aliphatic carbocycles. The van der Waals surface area contributed by atoms with Gasteiger partial charge in [-0.3, -0.25) is 9.78 Å². The molecule has 0 N–H and O–H groups in total. The van der Waals surface area contributed by atoms with Gasteiger partial charge in [0, 0.05) is 6.42 Å². The zero-order valence-electron chi connectivity index (χ0n) is 18.8. The highest BCUT2D eigenvalue weighted by atomic mass is 17.3. The second-order valence-corrected chi connectivity index (χ2v) is 7.42. The lowest BCUT2D eigenvalue weighted by Crippen LogP contribution is -2.15. The maximum absolute atomic E-state index is 12.3. The van der Waals surface area contributed by atoms with Crippen molar-refractivity contribution in [2.24, 2.45) is 0 Å². The Morgan fingerprint density at radius 2 is 0.829 bits per heavy atom. The van der Waals surface area contributed by atoms with Crippen LogP contribution in [0.3, 0.4) is 0 Å². The van der Waals surface area contributed by atoms with E-state index in [1.807, 2.05) is 60.7 Å². The minimum absolute atomic E-state index is 0.0551. The molecule has 174 valence electrons. The molecule has 0 spiro atoms. The first kappa shape index (κ1) is 23.9. The van der Waals surface area contributed by atoms with Gasteiger partial charge in [-0.05, 0) is 53.4 Å². The molecule has 0 fully saturated rings. The smallest absolute Gasteiger partial charge is 0.289 e. The molecule has 0 unspecified atom stereocenters. The SMILES string of the molecule is [CH2]C[C](OOC(=O)c1ccc(-c2ccccc2)cc1)OOC(=O)c1ccc(-c2ccccc2)cc1. The normalized spacial score (nSPS) is 10.7. The molecular weight excluding hydrogens is 444 g/mol. The van der Waals surface area contributed by atoms with E-state index >= 15 is 0 Å². The summed E-state index contributed by atoms with van der Waals surface area (Å²) in [7, 11) is 0. The van der Waals surface area contributed by atoms with Crippen molar-refractivity contribution >= 4 is 11.9 Å². The Morgan fingerprint density at radius 1 is 0.486 bits per heavy atom. The summed E-state index contributed by atoms with van der Waals surface area (Å²) in [6, 6.07) is 33.2. The van der Waals surface area contributed by atoms with E-state index in [-0.39, 0.29) is 23.8 Å². The van der Waals surface area contributed by atoms with Crippen LogP contribution in [-0.2, 0) is 19.6 Å². The van der Waals surface area contributed by atoms with E-state index in [0.29, 0.717) is 0 Å². The maximum Gasteiger partial charge on any atom is 0.373 e. The average Bonchev–Trinajstić information content (AvgIpc) is 2.94. The van der Waals surface area contributed by atoms with Crippen molar-refractivity contribution in [1.29, 1.82) is 0 Å². The highest BCUT2D eigenvalue weighted by molar-refractivity contribution is 5.90. The van der Waals surface area contributed by atoms with Gasteiger partial charge in [-0.1, -0.05) is 84.9 Å². The molecule has 0 saturated heterocycles. The van der Waals surface area contributed by atoms with Gasteiger partial charge in [-0.2, -0.15) is 0 Å². The Hall–Kier alpha value is -4.26. The van der Waals surface area contributed by atoms with Crippen molar-refractivity contribution in [2.75, 3.05) is 0 Å². The Labute approximate surface area is 203 Å². The molecule has 0 atom stereocenters. The maximum atomic E-state index is 12.3. The second kappa shape index (κ2) is 11.7. The van der Waals surface area contributed by atoms with E-state index in [9.17, 15) is 9.59 Å². The lowest BCUT2D eigenvalue weighted by atomic mass is 10.0. The fourth-order valence-corrected chi connectivity index (χ4v) is 3.22. The van der Waals surface area contributed by atoms with Crippen molar-refractivity contribution < 1.29 is 29.1 Å². The molecule has 0 amide bonds. The van der Waals surface area contributed by atoms with Crippen LogP contribution in [0.1, 0.15) is 27.1 Å².